The summed E-state index contributed by atoms with van der Waals surface area (Å²) < 4.78 is 16.7. The molecule has 3 aromatic rings. The van der Waals surface area contributed by atoms with Crippen LogP contribution in [-0.4, -0.2) is 35.4 Å². The van der Waals surface area contributed by atoms with Crippen LogP contribution in [0.1, 0.15) is 0 Å². The van der Waals surface area contributed by atoms with E-state index in [1.54, 1.807) is 42.5 Å². The van der Waals surface area contributed by atoms with Crippen LogP contribution in [0.4, 0.5) is 5.82 Å². The molecule has 2 aromatic carbocycles. The second-order valence-corrected chi connectivity index (χ2v) is 5.84. The lowest BCUT2D eigenvalue weighted by atomic mass is 10.2. The number of nitrogens with two attached hydrogens (primary N) is 1. The maximum atomic E-state index is 9.10. The summed E-state index contributed by atoms with van der Waals surface area (Å²) in [7, 11) is 1.54. The van der Waals surface area contributed by atoms with E-state index in [4.69, 9.17) is 36.7 Å². The summed E-state index contributed by atoms with van der Waals surface area (Å²) in [4.78, 5) is 8.70. The van der Waals surface area contributed by atoms with E-state index in [0.717, 1.165) is 0 Å². The topological polar surface area (TPSA) is 99.7 Å². The number of nitrogens with zero attached hydrogens (tertiary/aromatic N) is 2. The van der Waals surface area contributed by atoms with Crippen LogP contribution >= 0.6 is 11.6 Å². The number of nitrogen functional groups attached to an aromatic ring is 1. The van der Waals surface area contributed by atoms with Crippen LogP contribution in [-0.2, 0) is 0 Å². The Balaban J connectivity index is 2.03. The van der Waals surface area contributed by atoms with Gasteiger partial charge in [0.25, 0.3) is 5.88 Å². The van der Waals surface area contributed by atoms with Gasteiger partial charge in [0.1, 0.15) is 6.61 Å². The number of halogens is 1. The van der Waals surface area contributed by atoms with Gasteiger partial charge in [0, 0.05) is 10.6 Å². The minimum atomic E-state index is -0.186. The molecule has 27 heavy (non-hydrogen) atoms. The lowest BCUT2D eigenvalue weighted by Crippen LogP contribution is -2.08. The smallest absolute Gasteiger partial charge is 0.263 e. The van der Waals surface area contributed by atoms with Crippen molar-refractivity contribution in [3.8, 4) is 34.5 Å². The molecule has 8 heteroatoms. The summed E-state index contributed by atoms with van der Waals surface area (Å²) >= 11 is 5.92. The van der Waals surface area contributed by atoms with Gasteiger partial charge in [-0.3, -0.25) is 0 Å². The molecule has 140 valence electrons. The van der Waals surface area contributed by atoms with Gasteiger partial charge in [-0.15, -0.1) is 0 Å². The van der Waals surface area contributed by atoms with Crippen LogP contribution in [0.15, 0.2) is 48.5 Å². The van der Waals surface area contributed by atoms with Crippen molar-refractivity contribution in [1.82, 2.24) is 9.97 Å². The molecule has 0 aliphatic carbocycles. The predicted octanol–water partition coefficient (Wildman–Crippen LogP) is 3.55. The van der Waals surface area contributed by atoms with Crippen molar-refractivity contribution in [1.29, 1.82) is 0 Å². The number of aliphatic hydroxyl groups is 1. The van der Waals surface area contributed by atoms with Crippen molar-refractivity contribution in [3.05, 3.63) is 53.6 Å². The van der Waals surface area contributed by atoms with Crippen molar-refractivity contribution in [2.24, 2.45) is 0 Å². The third-order valence-corrected chi connectivity index (χ3v) is 3.83. The summed E-state index contributed by atoms with van der Waals surface area (Å²) in [6, 6.07) is 14.1. The molecule has 1 aromatic heterocycles. The molecule has 0 bridgehead atoms. The first-order chi connectivity index (χ1) is 13.1. The molecule has 0 fully saturated rings. The van der Waals surface area contributed by atoms with Crippen LogP contribution in [0, 0.1) is 0 Å². The Bertz CT molecular complexity index is 919. The molecule has 7 nitrogen and oxygen atoms in total. The molecule has 0 aliphatic rings. The van der Waals surface area contributed by atoms with E-state index in [1.807, 2.05) is 6.07 Å². The summed E-state index contributed by atoms with van der Waals surface area (Å²) in [6.07, 6.45) is 0. The van der Waals surface area contributed by atoms with Crippen LogP contribution < -0.4 is 19.9 Å². The average Bonchev–Trinajstić information content (AvgIpc) is 2.69. The largest absolute Gasteiger partial charge is 0.493 e. The minimum Gasteiger partial charge on any atom is -0.493 e. The minimum absolute atomic E-state index is 0.0266. The molecule has 0 radical (unpaired) electrons. The Labute approximate surface area is 161 Å². The summed E-state index contributed by atoms with van der Waals surface area (Å²) in [6.45, 7) is -0.160. The Morgan fingerprint density at radius 1 is 1.04 bits per heavy atom. The van der Waals surface area contributed by atoms with Crippen molar-refractivity contribution in [2.75, 3.05) is 26.1 Å². The van der Waals surface area contributed by atoms with E-state index in [9.17, 15) is 0 Å². The number of hydrogen-bond donors (Lipinski definition) is 2. The molecular weight excluding hydrogens is 370 g/mol. The van der Waals surface area contributed by atoms with Crippen LogP contribution in [0.5, 0.6) is 23.1 Å². The molecule has 0 unspecified atom stereocenters. The Morgan fingerprint density at radius 2 is 1.74 bits per heavy atom. The van der Waals surface area contributed by atoms with Gasteiger partial charge in [-0.05, 0) is 36.4 Å². The van der Waals surface area contributed by atoms with Crippen molar-refractivity contribution in [2.45, 2.75) is 0 Å². The lowest BCUT2D eigenvalue weighted by molar-refractivity contribution is 0.192. The molecular formula is C19H18ClN3O4. The normalized spacial score (nSPS) is 10.5. The van der Waals surface area contributed by atoms with Gasteiger partial charge in [-0.2, -0.15) is 4.98 Å². The molecule has 3 rings (SSSR count). The number of aromatic nitrogens is 2. The number of ether oxygens (including phenoxy) is 3. The molecule has 0 atom stereocenters. The molecule has 3 N–H and O–H groups in total. The predicted molar refractivity (Wildman–Crippen MR) is 103 cm³/mol. The lowest BCUT2D eigenvalue weighted by Gasteiger charge is -2.15. The fourth-order valence-corrected chi connectivity index (χ4v) is 2.45. The number of benzene rings is 2. The second kappa shape index (κ2) is 8.57. The standard InChI is InChI=1S/C19H18ClN3O4/c1-25-14-4-2-3-5-15(14)27-16-17(21)22-18(23-19(16)26-11-10-24)12-6-8-13(20)9-7-12/h2-9,24H,10-11H2,1H3,(H2,21,22,23). The number of anilines is 1. The third kappa shape index (κ3) is 4.39. The van der Waals surface area contributed by atoms with Crippen molar-refractivity contribution < 1.29 is 19.3 Å². The fourth-order valence-electron chi connectivity index (χ4n) is 2.32. The summed E-state index contributed by atoms with van der Waals surface area (Å²) in [5.41, 5.74) is 6.83. The number of methoxy groups -OCH3 is 1. The molecule has 0 amide bonds. The SMILES string of the molecule is COc1ccccc1Oc1c(N)nc(-c2ccc(Cl)cc2)nc1OCCO. The zero-order valence-corrected chi connectivity index (χ0v) is 15.3. The van der Waals surface area contributed by atoms with Gasteiger partial charge in [0.05, 0.1) is 13.7 Å². The molecule has 0 spiro atoms. The number of para-hydroxylation sites is 2. The number of rotatable bonds is 7. The highest BCUT2D eigenvalue weighted by atomic mass is 35.5. The van der Waals surface area contributed by atoms with E-state index in [2.05, 4.69) is 9.97 Å². The Kier molecular flexibility index (Phi) is 5.95. The van der Waals surface area contributed by atoms with Gasteiger partial charge in [0.2, 0.25) is 5.75 Å². The highest BCUT2D eigenvalue weighted by molar-refractivity contribution is 6.30. The fraction of sp³-hybridized carbons (Fsp3) is 0.158. The van der Waals surface area contributed by atoms with Gasteiger partial charge in [-0.1, -0.05) is 23.7 Å². The first-order valence-corrected chi connectivity index (χ1v) is 8.48. The van der Waals surface area contributed by atoms with Crippen LogP contribution in [0.25, 0.3) is 11.4 Å². The zero-order chi connectivity index (χ0) is 19.2. The summed E-state index contributed by atoms with van der Waals surface area (Å²) in [5, 5.41) is 9.70. The first kappa shape index (κ1) is 18.8. The van der Waals surface area contributed by atoms with E-state index in [0.29, 0.717) is 27.9 Å². The van der Waals surface area contributed by atoms with Crippen LogP contribution in [0.3, 0.4) is 0 Å². The van der Waals surface area contributed by atoms with Gasteiger partial charge < -0.3 is 25.1 Å². The zero-order valence-electron chi connectivity index (χ0n) is 14.6. The van der Waals surface area contributed by atoms with E-state index >= 15 is 0 Å². The van der Waals surface area contributed by atoms with Crippen molar-refractivity contribution in [3.63, 3.8) is 0 Å². The molecule has 1 heterocycles. The third-order valence-electron chi connectivity index (χ3n) is 3.57. The number of aliphatic hydroxyl groups excluding tert-OH is 1. The first-order valence-electron chi connectivity index (χ1n) is 8.10. The van der Waals surface area contributed by atoms with Gasteiger partial charge >= 0.3 is 0 Å². The molecule has 0 saturated heterocycles. The summed E-state index contributed by atoms with van der Waals surface area (Å²) in [5.74, 6) is 1.66. The van der Waals surface area contributed by atoms with Gasteiger partial charge in [0.15, 0.2) is 23.1 Å². The monoisotopic (exact) mass is 387 g/mol. The second-order valence-electron chi connectivity index (χ2n) is 5.40. The number of hydrogen-bond acceptors (Lipinski definition) is 7. The quantitative estimate of drug-likeness (QED) is 0.639. The van der Waals surface area contributed by atoms with E-state index in [-0.39, 0.29) is 30.7 Å². The Hall–Kier alpha value is -3.03. The maximum Gasteiger partial charge on any atom is 0.263 e. The molecule has 0 aliphatic heterocycles. The molecule has 0 saturated carbocycles. The van der Waals surface area contributed by atoms with E-state index < -0.39 is 0 Å². The van der Waals surface area contributed by atoms with E-state index in [1.165, 1.54) is 7.11 Å². The van der Waals surface area contributed by atoms with Crippen LogP contribution in [0.2, 0.25) is 5.02 Å². The Morgan fingerprint density at radius 3 is 2.41 bits per heavy atom. The van der Waals surface area contributed by atoms with Gasteiger partial charge in [-0.25, -0.2) is 4.98 Å². The highest BCUT2D eigenvalue weighted by Gasteiger charge is 2.19. The average molecular weight is 388 g/mol. The van der Waals surface area contributed by atoms with Crippen molar-refractivity contribution >= 4 is 17.4 Å². The highest BCUT2D eigenvalue weighted by Crippen LogP contribution is 2.39. The maximum absolute atomic E-state index is 9.10.